The summed E-state index contributed by atoms with van der Waals surface area (Å²) in [6.07, 6.45) is 8.38. The standard InChI is InChI=1S/C19H25FN2O4/c20-16-11-5-4-10-15(16)19(25)22-21-17(23)13-26-18(24)12-6-9-14-7-2-1-3-8-14/h4-5,10-11,14H,1-3,6-9,12-13H2,(H,21,23)(H,22,25). The number of carbonyl (C=O) groups excluding carboxylic acids is 3. The third-order valence-corrected chi connectivity index (χ3v) is 4.52. The normalized spacial score (nSPS) is 14.5. The molecule has 142 valence electrons. The third-order valence-electron chi connectivity index (χ3n) is 4.52. The Morgan fingerprint density at radius 3 is 2.54 bits per heavy atom. The fourth-order valence-corrected chi connectivity index (χ4v) is 3.10. The van der Waals surface area contributed by atoms with Crippen LogP contribution in [0.4, 0.5) is 4.39 Å². The van der Waals surface area contributed by atoms with Gasteiger partial charge in [-0.05, 0) is 30.9 Å². The van der Waals surface area contributed by atoms with Crippen molar-refractivity contribution in [3.63, 3.8) is 0 Å². The van der Waals surface area contributed by atoms with Gasteiger partial charge in [0.2, 0.25) is 0 Å². The molecule has 0 heterocycles. The van der Waals surface area contributed by atoms with E-state index < -0.39 is 30.2 Å². The van der Waals surface area contributed by atoms with Gasteiger partial charge >= 0.3 is 5.97 Å². The molecule has 6 nitrogen and oxygen atoms in total. The Morgan fingerprint density at radius 2 is 1.81 bits per heavy atom. The van der Waals surface area contributed by atoms with Crippen LogP contribution in [0.3, 0.4) is 0 Å². The van der Waals surface area contributed by atoms with E-state index in [2.05, 4.69) is 10.9 Å². The molecular formula is C19H25FN2O4. The molecule has 0 unspecified atom stereocenters. The fourth-order valence-electron chi connectivity index (χ4n) is 3.10. The summed E-state index contributed by atoms with van der Waals surface area (Å²) in [6, 6.07) is 5.41. The largest absolute Gasteiger partial charge is 0.455 e. The van der Waals surface area contributed by atoms with Crippen LogP contribution in [0.5, 0.6) is 0 Å². The minimum absolute atomic E-state index is 0.187. The summed E-state index contributed by atoms with van der Waals surface area (Å²) < 4.78 is 18.3. The maximum atomic E-state index is 13.4. The van der Waals surface area contributed by atoms with Gasteiger partial charge in [-0.2, -0.15) is 0 Å². The monoisotopic (exact) mass is 364 g/mol. The predicted molar refractivity (Wildman–Crippen MR) is 93.4 cm³/mol. The van der Waals surface area contributed by atoms with Gasteiger partial charge in [-0.15, -0.1) is 0 Å². The molecule has 1 aliphatic carbocycles. The number of halogens is 1. The summed E-state index contributed by atoms with van der Waals surface area (Å²) in [6.45, 7) is -0.486. The topological polar surface area (TPSA) is 84.5 Å². The average molecular weight is 364 g/mol. The molecule has 1 saturated carbocycles. The molecule has 2 N–H and O–H groups in total. The lowest BCUT2D eigenvalue weighted by molar-refractivity contribution is -0.148. The highest BCUT2D eigenvalue weighted by molar-refractivity contribution is 5.95. The van der Waals surface area contributed by atoms with Crippen molar-refractivity contribution in [1.29, 1.82) is 0 Å². The number of hydrogen-bond acceptors (Lipinski definition) is 4. The molecule has 1 fully saturated rings. The van der Waals surface area contributed by atoms with Crippen LogP contribution >= 0.6 is 0 Å². The number of nitrogens with one attached hydrogen (secondary N) is 2. The first-order valence-corrected chi connectivity index (χ1v) is 9.05. The second-order valence-electron chi connectivity index (χ2n) is 6.54. The third kappa shape index (κ3) is 6.82. The van der Waals surface area contributed by atoms with Gasteiger partial charge in [0.25, 0.3) is 11.8 Å². The van der Waals surface area contributed by atoms with Gasteiger partial charge < -0.3 is 4.74 Å². The van der Waals surface area contributed by atoms with Crippen LogP contribution in [0.1, 0.15) is 61.7 Å². The molecule has 1 aromatic rings. The summed E-state index contributed by atoms with van der Waals surface area (Å²) in [7, 11) is 0. The Balaban J connectivity index is 1.58. The second-order valence-corrected chi connectivity index (χ2v) is 6.54. The number of ether oxygens (including phenoxy) is 1. The van der Waals surface area contributed by atoms with Crippen LogP contribution in [0, 0.1) is 11.7 Å². The molecule has 0 radical (unpaired) electrons. The smallest absolute Gasteiger partial charge is 0.306 e. The molecular weight excluding hydrogens is 339 g/mol. The summed E-state index contributed by atoms with van der Waals surface area (Å²) in [5.74, 6) is -1.89. The van der Waals surface area contributed by atoms with Crippen LogP contribution < -0.4 is 10.9 Å². The van der Waals surface area contributed by atoms with Crippen molar-refractivity contribution in [1.82, 2.24) is 10.9 Å². The Kier molecular flexibility index (Phi) is 8.05. The Labute approximate surface area is 152 Å². The maximum Gasteiger partial charge on any atom is 0.306 e. The van der Waals surface area contributed by atoms with Crippen molar-refractivity contribution in [2.24, 2.45) is 5.92 Å². The SMILES string of the molecule is O=C(COC(=O)CCCC1CCCCC1)NNC(=O)c1ccccc1F. The molecule has 1 aromatic carbocycles. The first-order chi connectivity index (χ1) is 12.6. The van der Waals surface area contributed by atoms with Gasteiger partial charge in [0.15, 0.2) is 6.61 Å². The quantitative estimate of drug-likeness (QED) is 0.575. The number of benzene rings is 1. The van der Waals surface area contributed by atoms with Crippen LogP contribution in [0.15, 0.2) is 24.3 Å². The van der Waals surface area contributed by atoms with E-state index in [1.807, 2.05) is 0 Å². The van der Waals surface area contributed by atoms with E-state index >= 15 is 0 Å². The van der Waals surface area contributed by atoms with Gasteiger partial charge in [0.1, 0.15) is 5.82 Å². The number of carbonyl (C=O) groups is 3. The maximum absolute atomic E-state index is 13.4. The zero-order valence-electron chi connectivity index (χ0n) is 14.8. The van der Waals surface area contributed by atoms with E-state index in [4.69, 9.17) is 4.74 Å². The minimum Gasteiger partial charge on any atom is -0.455 e. The van der Waals surface area contributed by atoms with Crippen molar-refractivity contribution in [2.75, 3.05) is 6.61 Å². The van der Waals surface area contributed by atoms with Crippen molar-refractivity contribution >= 4 is 17.8 Å². The predicted octanol–water partition coefficient (Wildman–Crippen LogP) is 2.88. The van der Waals surface area contributed by atoms with E-state index in [1.54, 1.807) is 0 Å². The van der Waals surface area contributed by atoms with Crippen molar-refractivity contribution in [3.05, 3.63) is 35.6 Å². The summed E-state index contributed by atoms with van der Waals surface area (Å²) in [4.78, 5) is 35.0. The van der Waals surface area contributed by atoms with Gasteiger partial charge in [-0.1, -0.05) is 44.2 Å². The molecule has 0 aliphatic heterocycles. The molecule has 0 saturated heterocycles. The zero-order chi connectivity index (χ0) is 18.8. The van der Waals surface area contributed by atoms with E-state index in [1.165, 1.54) is 50.3 Å². The first kappa shape index (κ1) is 19.9. The molecule has 0 atom stereocenters. The number of rotatable bonds is 7. The molecule has 0 aromatic heterocycles. The van der Waals surface area contributed by atoms with Gasteiger partial charge in [0.05, 0.1) is 5.56 Å². The van der Waals surface area contributed by atoms with E-state index in [0.717, 1.165) is 18.9 Å². The van der Waals surface area contributed by atoms with Crippen LogP contribution in [0.2, 0.25) is 0 Å². The summed E-state index contributed by atoms with van der Waals surface area (Å²) >= 11 is 0. The van der Waals surface area contributed by atoms with Crippen molar-refractivity contribution in [2.45, 2.75) is 51.4 Å². The lowest BCUT2D eigenvalue weighted by atomic mass is 9.86. The van der Waals surface area contributed by atoms with E-state index in [0.29, 0.717) is 5.92 Å². The number of esters is 1. The Hall–Kier alpha value is -2.44. The van der Waals surface area contributed by atoms with Crippen molar-refractivity contribution < 1.29 is 23.5 Å². The first-order valence-electron chi connectivity index (χ1n) is 9.05. The van der Waals surface area contributed by atoms with Crippen LogP contribution in [-0.4, -0.2) is 24.4 Å². The lowest BCUT2D eigenvalue weighted by Crippen LogP contribution is -2.43. The lowest BCUT2D eigenvalue weighted by Gasteiger charge is -2.20. The zero-order valence-corrected chi connectivity index (χ0v) is 14.8. The van der Waals surface area contributed by atoms with Gasteiger partial charge in [-0.3, -0.25) is 25.2 Å². The van der Waals surface area contributed by atoms with E-state index in [-0.39, 0.29) is 12.0 Å². The summed E-state index contributed by atoms with van der Waals surface area (Å²) in [5, 5.41) is 0. The van der Waals surface area contributed by atoms with Gasteiger partial charge in [0, 0.05) is 6.42 Å². The van der Waals surface area contributed by atoms with Crippen LogP contribution in [-0.2, 0) is 14.3 Å². The Bertz CT molecular complexity index is 630. The molecule has 1 aliphatic rings. The van der Waals surface area contributed by atoms with Crippen LogP contribution in [0.25, 0.3) is 0 Å². The molecule has 26 heavy (non-hydrogen) atoms. The highest BCUT2D eigenvalue weighted by Gasteiger charge is 2.15. The molecule has 2 amide bonds. The molecule has 0 spiro atoms. The van der Waals surface area contributed by atoms with Crippen molar-refractivity contribution in [3.8, 4) is 0 Å². The number of hydrazine groups is 1. The highest BCUT2D eigenvalue weighted by Crippen LogP contribution is 2.27. The minimum atomic E-state index is -0.782. The van der Waals surface area contributed by atoms with E-state index in [9.17, 15) is 18.8 Å². The number of amides is 2. The average Bonchev–Trinajstić information content (AvgIpc) is 2.65. The molecule has 0 bridgehead atoms. The molecule has 7 heteroatoms. The molecule has 2 rings (SSSR count). The number of hydrogen-bond donors (Lipinski definition) is 2. The second kappa shape index (κ2) is 10.5. The van der Waals surface area contributed by atoms with Gasteiger partial charge in [-0.25, -0.2) is 4.39 Å². The Morgan fingerprint density at radius 1 is 1.08 bits per heavy atom. The fraction of sp³-hybridized carbons (Fsp3) is 0.526. The highest BCUT2D eigenvalue weighted by atomic mass is 19.1. The summed E-state index contributed by atoms with van der Waals surface area (Å²) in [5.41, 5.74) is 3.98.